The van der Waals surface area contributed by atoms with Crippen LogP contribution in [0.25, 0.3) is 10.9 Å². The summed E-state index contributed by atoms with van der Waals surface area (Å²) in [4.78, 5) is 15.6. The molecule has 0 spiro atoms. The summed E-state index contributed by atoms with van der Waals surface area (Å²) in [7, 11) is 0. The molecule has 0 bridgehead atoms. The van der Waals surface area contributed by atoms with Crippen molar-refractivity contribution in [2.75, 3.05) is 0 Å². The number of aromatic nitrogens is 1. The highest BCUT2D eigenvalue weighted by molar-refractivity contribution is 9.10. The summed E-state index contributed by atoms with van der Waals surface area (Å²) in [5.74, 6) is 0.958. The van der Waals surface area contributed by atoms with Gasteiger partial charge in [-0.25, -0.2) is 4.98 Å². The molecule has 3 rings (SSSR count). The van der Waals surface area contributed by atoms with Crippen molar-refractivity contribution in [3.05, 3.63) is 64.6 Å². The maximum atomic E-state index is 11.2. The molecule has 0 aliphatic carbocycles. The number of benzene rings is 2. The normalized spacial score (nSPS) is 10.4. The van der Waals surface area contributed by atoms with E-state index in [2.05, 4.69) is 20.9 Å². The van der Waals surface area contributed by atoms with Crippen molar-refractivity contribution in [3.8, 4) is 11.6 Å². The van der Waals surface area contributed by atoms with Gasteiger partial charge in [-0.05, 0) is 36.4 Å². The first kappa shape index (κ1) is 12.8. The number of para-hydroxylation sites is 1. The maximum Gasteiger partial charge on any atom is 0.230 e. The predicted octanol–water partition coefficient (Wildman–Crippen LogP) is 4.60. The Kier molecular flexibility index (Phi) is 3.48. The number of halogens is 1. The molecule has 0 saturated carbocycles. The highest BCUT2D eigenvalue weighted by atomic mass is 79.9. The molecule has 4 heteroatoms. The smallest absolute Gasteiger partial charge is 0.230 e. The second-order valence-corrected chi connectivity index (χ2v) is 5.16. The lowest BCUT2D eigenvalue weighted by atomic mass is 10.1. The van der Waals surface area contributed by atoms with Crippen LogP contribution in [-0.2, 0) is 0 Å². The molecule has 20 heavy (non-hydrogen) atoms. The quantitative estimate of drug-likeness (QED) is 0.660. The summed E-state index contributed by atoms with van der Waals surface area (Å²) in [6.45, 7) is 0. The zero-order valence-electron chi connectivity index (χ0n) is 10.4. The van der Waals surface area contributed by atoms with Crippen LogP contribution in [0, 0.1) is 0 Å². The van der Waals surface area contributed by atoms with Crippen LogP contribution >= 0.6 is 15.9 Å². The first-order valence-corrected chi connectivity index (χ1v) is 6.84. The largest absolute Gasteiger partial charge is 0.438 e. The molecule has 0 amide bonds. The molecule has 1 aromatic heterocycles. The molecule has 0 unspecified atom stereocenters. The third-order valence-corrected chi connectivity index (χ3v) is 3.40. The van der Waals surface area contributed by atoms with E-state index in [4.69, 9.17) is 4.74 Å². The molecule has 3 nitrogen and oxygen atoms in total. The van der Waals surface area contributed by atoms with Crippen molar-refractivity contribution in [1.82, 2.24) is 4.98 Å². The van der Waals surface area contributed by atoms with Crippen molar-refractivity contribution in [2.45, 2.75) is 0 Å². The topological polar surface area (TPSA) is 39.2 Å². The number of carbonyl (C=O) groups excluding carboxylic acids is 1. The van der Waals surface area contributed by atoms with Crippen molar-refractivity contribution in [2.24, 2.45) is 0 Å². The van der Waals surface area contributed by atoms with E-state index in [1.807, 2.05) is 48.5 Å². The summed E-state index contributed by atoms with van der Waals surface area (Å²) in [5.41, 5.74) is 1.23. The SMILES string of the molecule is O=Cc1cc2ccccc2nc1Oc1ccc(Br)cc1. The van der Waals surface area contributed by atoms with Crippen molar-refractivity contribution < 1.29 is 9.53 Å². The van der Waals surface area contributed by atoms with E-state index in [9.17, 15) is 4.79 Å². The van der Waals surface area contributed by atoms with E-state index in [1.54, 1.807) is 6.07 Å². The zero-order valence-corrected chi connectivity index (χ0v) is 12.0. The van der Waals surface area contributed by atoms with Gasteiger partial charge in [0.1, 0.15) is 5.75 Å². The summed E-state index contributed by atoms with van der Waals surface area (Å²) in [6, 6.07) is 16.8. The monoisotopic (exact) mass is 327 g/mol. The summed E-state index contributed by atoms with van der Waals surface area (Å²) in [5, 5.41) is 0.915. The zero-order chi connectivity index (χ0) is 13.9. The fourth-order valence-corrected chi connectivity index (χ4v) is 2.16. The Morgan fingerprint density at radius 2 is 1.80 bits per heavy atom. The van der Waals surface area contributed by atoms with Crippen LogP contribution in [0.5, 0.6) is 11.6 Å². The first-order valence-electron chi connectivity index (χ1n) is 6.04. The van der Waals surface area contributed by atoms with Crippen molar-refractivity contribution in [1.29, 1.82) is 0 Å². The fraction of sp³-hybridized carbons (Fsp3) is 0. The standard InChI is InChI=1S/C16H10BrNO2/c17-13-5-7-14(8-6-13)20-16-12(10-19)9-11-3-1-2-4-15(11)18-16/h1-10H. The van der Waals surface area contributed by atoms with Gasteiger partial charge in [-0.1, -0.05) is 34.1 Å². The molecular weight excluding hydrogens is 318 g/mol. The molecule has 0 saturated heterocycles. The number of aldehydes is 1. The third-order valence-electron chi connectivity index (χ3n) is 2.87. The lowest BCUT2D eigenvalue weighted by Crippen LogP contribution is -1.94. The Hall–Kier alpha value is -2.20. The highest BCUT2D eigenvalue weighted by Gasteiger charge is 2.08. The van der Waals surface area contributed by atoms with Crippen LogP contribution in [0.3, 0.4) is 0 Å². The molecule has 0 atom stereocenters. The number of hydrogen-bond acceptors (Lipinski definition) is 3. The van der Waals surface area contributed by atoms with Gasteiger partial charge in [0.05, 0.1) is 11.1 Å². The Morgan fingerprint density at radius 1 is 1.05 bits per heavy atom. The van der Waals surface area contributed by atoms with Gasteiger partial charge >= 0.3 is 0 Å². The van der Waals surface area contributed by atoms with Crippen LogP contribution in [0.15, 0.2) is 59.1 Å². The summed E-state index contributed by atoms with van der Waals surface area (Å²) < 4.78 is 6.67. The Labute approximate surface area is 124 Å². The van der Waals surface area contributed by atoms with E-state index >= 15 is 0 Å². The second-order valence-electron chi connectivity index (χ2n) is 4.25. The minimum Gasteiger partial charge on any atom is -0.438 e. The van der Waals surface area contributed by atoms with E-state index < -0.39 is 0 Å². The van der Waals surface area contributed by atoms with E-state index in [-0.39, 0.29) is 0 Å². The molecule has 3 aromatic rings. The van der Waals surface area contributed by atoms with Crippen LogP contribution < -0.4 is 4.74 Å². The van der Waals surface area contributed by atoms with E-state index in [1.165, 1.54) is 0 Å². The van der Waals surface area contributed by atoms with Gasteiger partial charge in [0.15, 0.2) is 6.29 Å². The van der Waals surface area contributed by atoms with Gasteiger partial charge in [-0.2, -0.15) is 0 Å². The third kappa shape index (κ3) is 2.56. The van der Waals surface area contributed by atoms with Gasteiger partial charge in [-0.3, -0.25) is 4.79 Å². The maximum absolute atomic E-state index is 11.2. The Morgan fingerprint density at radius 3 is 2.55 bits per heavy atom. The Bertz CT molecular complexity index is 769. The average Bonchev–Trinajstić information content (AvgIpc) is 2.49. The van der Waals surface area contributed by atoms with Crippen LogP contribution in [0.1, 0.15) is 10.4 Å². The lowest BCUT2D eigenvalue weighted by Gasteiger charge is -2.08. The first-order chi connectivity index (χ1) is 9.76. The van der Waals surface area contributed by atoms with Gasteiger partial charge in [0, 0.05) is 9.86 Å². The summed E-state index contributed by atoms with van der Waals surface area (Å²) >= 11 is 3.36. The molecular formula is C16H10BrNO2. The molecule has 0 aliphatic rings. The number of nitrogens with zero attached hydrogens (tertiary/aromatic N) is 1. The van der Waals surface area contributed by atoms with Gasteiger partial charge in [0.25, 0.3) is 0 Å². The molecule has 0 aliphatic heterocycles. The predicted molar refractivity (Wildman–Crippen MR) is 81.3 cm³/mol. The van der Waals surface area contributed by atoms with Crippen LogP contribution in [0.2, 0.25) is 0 Å². The minimum atomic E-state index is 0.320. The van der Waals surface area contributed by atoms with E-state index in [0.29, 0.717) is 17.2 Å². The molecule has 0 radical (unpaired) electrons. The van der Waals surface area contributed by atoms with Crippen molar-refractivity contribution in [3.63, 3.8) is 0 Å². The minimum absolute atomic E-state index is 0.320. The summed E-state index contributed by atoms with van der Waals surface area (Å²) in [6.07, 6.45) is 0.758. The van der Waals surface area contributed by atoms with Crippen LogP contribution in [-0.4, -0.2) is 11.3 Å². The Balaban J connectivity index is 2.05. The van der Waals surface area contributed by atoms with Gasteiger partial charge < -0.3 is 4.74 Å². The molecule has 0 fully saturated rings. The molecule has 98 valence electrons. The van der Waals surface area contributed by atoms with Gasteiger partial charge in [0.2, 0.25) is 5.88 Å². The number of hydrogen-bond donors (Lipinski definition) is 0. The number of fused-ring (bicyclic) bond motifs is 1. The number of carbonyl (C=O) groups is 1. The van der Waals surface area contributed by atoms with Gasteiger partial charge in [-0.15, -0.1) is 0 Å². The van der Waals surface area contributed by atoms with Crippen LogP contribution in [0.4, 0.5) is 0 Å². The average molecular weight is 328 g/mol. The number of rotatable bonds is 3. The highest BCUT2D eigenvalue weighted by Crippen LogP contribution is 2.26. The molecule has 2 aromatic carbocycles. The fourth-order valence-electron chi connectivity index (χ4n) is 1.90. The van der Waals surface area contributed by atoms with Crippen molar-refractivity contribution >= 4 is 33.1 Å². The number of ether oxygens (including phenoxy) is 1. The molecule has 0 N–H and O–H groups in total. The lowest BCUT2D eigenvalue weighted by molar-refractivity contribution is 0.112. The number of pyridine rings is 1. The van der Waals surface area contributed by atoms with E-state index in [0.717, 1.165) is 21.7 Å². The second kappa shape index (κ2) is 5.43. The molecule has 1 heterocycles.